The van der Waals surface area contributed by atoms with Crippen LogP contribution in [0.25, 0.3) is 0 Å². The van der Waals surface area contributed by atoms with Gasteiger partial charge in [-0.05, 0) is 43.9 Å². The van der Waals surface area contributed by atoms with Gasteiger partial charge in [0, 0.05) is 22.7 Å². The van der Waals surface area contributed by atoms with E-state index in [4.69, 9.17) is 0 Å². The van der Waals surface area contributed by atoms with Crippen molar-refractivity contribution < 1.29 is 5.11 Å². The number of hydrogen-bond acceptors (Lipinski definition) is 3. The Morgan fingerprint density at radius 3 is 2.05 bits per heavy atom. The van der Waals surface area contributed by atoms with E-state index in [1.165, 1.54) is 10.5 Å². The highest BCUT2D eigenvalue weighted by molar-refractivity contribution is 7.99. The second-order valence-electron chi connectivity index (χ2n) is 7.37. The number of thioether (sulfide) groups is 1. The third kappa shape index (κ3) is 6.78. The van der Waals surface area contributed by atoms with Crippen molar-refractivity contribution >= 4 is 11.8 Å². The Hall–Kier alpha value is -0.510. The Labute approximate surface area is 128 Å². The summed E-state index contributed by atoms with van der Waals surface area (Å²) >= 11 is 1.71. The lowest BCUT2D eigenvalue weighted by Gasteiger charge is -2.23. The zero-order valence-electron chi connectivity index (χ0n) is 13.7. The monoisotopic (exact) mass is 295 g/mol. The first-order chi connectivity index (χ1) is 9.08. The first kappa shape index (κ1) is 17.5. The smallest absolute Gasteiger partial charge is 0.0758 e. The average Bonchev–Trinajstić information content (AvgIpc) is 2.32. The lowest BCUT2D eigenvalue weighted by atomic mass is 9.87. The topological polar surface area (TPSA) is 32.3 Å². The van der Waals surface area contributed by atoms with E-state index in [1.807, 2.05) is 0 Å². The third-order valence-corrected chi connectivity index (χ3v) is 4.19. The van der Waals surface area contributed by atoms with Crippen LogP contribution in [0.2, 0.25) is 0 Å². The van der Waals surface area contributed by atoms with Gasteiger partial charge >= 0.3 is 0 Å². The molecule has 0 saturated carbocycles. The summed E-state index contributed by atoms with van der Waals surface area (Å²) in [5, 5.41) is 13.3. The minimum Gasteiger partial charge on any atom is -0.391 e. The lowest BCUT2D eigenvalue weighted by molar-refractivity contribution is 0.183. The van der Waals surface area contributed by atoms with Gasteiger partial charge < -0.3 is 10.4 Å². The summed E-state index contributed by atoms with van der Waals surface area (Å²) in [5.41, 5.74) is 1.59. The van der Waals surface area contributed by atoms with Gasteiger partial charge in [-0.2, -0.15) is 0 Å². The molecule has 1 atom stereocenters. The first-order valence-electron chi connectivity index (χ1n) is 7.24. The van der Waals surface area contributed by atoms with Gasteiger partial charge in [0.1, 0.15) is 0 Å². The summed E-state index contributed by atoms with van der Waals surface area (Å²) in [6.45, 7) is 13.6. The Balaban J connectivity index is 2.42. The van der Waals surface area contributed by atoms with Gasteiger partial charge in [-0.3, -0.25) is 0 Å². The number of benzene rings is 1. The number of rotatable bonds is 5. The van der Waals surface area contributed by atoms with Crippen molar-refractivity contribution in [2.24, 2.45) is 0 Å². The van der Waals surface area contributed by atoms with Crippen molar-refractivity contribution in [2.45, 2.75) is 63.5 Å². The van der Waals surface area contributed by atoms with Crippen LogP contribution < -0.4 is 5.32 Å². The van der Waals surface area contributed by atoms with Crippen molar-refractivity contribution in [3.8, 4) is 0 Å². The maximum Gasteiger partial charge on any atom is 0.0758 e. The highest BCUT2D eigenvalue weighted by atomic mass is 32.2. The Bertz CT molecular complexity index is 400. The van der Waals surface area contributed by atoms with Crippen LogP contribution in [0, 0.1) is 0 Å². The summed E-state index contributed by atoms with van der Waals surface area (Å²) in [5.74, 6) is 0.720. The van der Waals surface area contributed by atoms with E-state index in [1.54, 1.807) is 11.8 Å². The van der Waals surface area contributed by atoms with Gasteiger partial charge in [-0.1, -0.05) is 32.9 Å². The molecule has 0 radical (unpaired) electrons. The van der Waals surface area contributed by atoms with Crippen LogP contribution >= 0.6 is 11.8 Å². The maximum absolute atomic E-state index is 9.97. The molecule has 0 heterocycles. The van der Waals surface area contributed by atoms with Crippen LogP contribution in [0.5, 0.6) is 0 Å². The summed E-state index contributed by atoms with van der Waals surface area (Å²) < 4.78 is 0. The molecule has 0 aliphatic rings. The van der Waals surface area contributed by atoms with E-state index < -0.39 is 0 Å². The molecule has 3 heteroatoms. The van der Waals surface area contributed by atoms with Crippen LogP contribution in [0.15, 0.2) is 29.2 Å². The number of hydrogen-bond donors (Lipinski definition) is 2. The molecule has 1 aromatic carbocycles. The second-order valence-corrected chi connectivity index (χ2v) is 8.46. The fraction of sp³-hybridized carbons (Fsp3) is 0.647. The van der Waals surface area contributed by atoms with E-state index in [0.29, 0.717) is 6.54 Å². The standard InChI is InChI=1S/C17H29NOS/c1-16(2,3)13-7-9-15(10-8-13)20-12-14(19)11-18-17(4,5)6/h7-10,14,18-19H,11-12H2,1-6H3. The Morgan fingerprint density at radius 2 is 1.60 bits per heavy atom. The van der Waals surface area contributed by atoms with E-state index in [0.717, 1.165) is 5.75 Å². The fourth-order valence-electron chi connectivity index (χ4n) is 1.73. The summed E-state index contributed by atoms with van der Waals surface area (Å²) in [6, 6.07) is 8.66. The molecule has 1 unspecified atom stereocenters. The van der Waals surface area contributed by atoms with Crippen LogP contribution in [-0.4, -0.2) is 29.0 Å². The number of nitrogens with one attached hydrogen (secondary N) is 1. The minimum atomic E-state index is -0.318. The van der Waals surface area contributed by atoms with Crippen molar-refractivity contribution in [1.29, 1.82) is 0 Å². The van der Waals surface area contributed by atoms with Crippen LogP contribution in [0.4, 0.5) is 0 Å². The van der Waals surface area contributed by atoms with Crippen molar-refractivity contribution in [2.75, 3.05) is 12.3 Å². The zero-order valence-corrected chi connectivity index (χ0v) is 14.5. The molecule has 0 saturated heterocycles. The molecule has 0 spiro atoms. The average molecular weight is 295 g/mol. The maximum atomic E-state index is 9.97. The quantitative estimate of drug-likeness (QED) is 0.810. The summed E-state index contributed by atoms with van der Waals surface area (Å²) in [6.07, 6.45) is -0.318. The molecular formula is C17H29NOS. The zero-order chi connectivity index (χ0) is 15.4. The number of β-amino-alcohol motifs (C(OH)–C–C–N with tert-alkyl or cyclic N) is 1. The van der Waals surface area contributed by atoms with Gasteiger partial charge in [0.25, 0.3) is 0 Å². The normalized spacial score (nSPS) is 14.3. The largest absolute Gasteiger partial charge is 0.391 e. The molecule has 0 fully saturated rings. The summed E-state index contributed by atoms with van der Waals surface area (Å²) in [7, 11) is 0. The van der Waals surface area contributed by atoms with E-state index in [9.17, 15) is 5.11 Å². The Kier molecular flexibility index (Phi) is 6.11. The van der Waals surface area contributed by atoms with E-state index in [-0.39, 0.29) is 17.1 Å². The molecular weight excluding hydrogens is 266 g/mol. The molecule has 0 aromatic heterocycles. The molecule has 1 rings (SSSR count). The molecule has 0 amide bonds. The molecule has 0 aliphatic heterocycles. The molecule has 2 N–H and O–H groups in total. The lowest BCUT2D eigenvalue weighted by Crippen LogP contribution is -2.41. The van der Waals surface area contributed by atoms with E-state index >= 15 is 0 Å². The molecule has 20 heavy (non-hydrogen) atoms. The fourth-order valence-corrected chi connectivity index (χ4v) is 2.56. The molecule has 0 bridgehead atoms. The van der Waals surface area contributed by atoms with Crippen LogP contribution in [0.3, 0.4) is 0 Å². The highest BCUT2D eigenvalue weighted by Crippen LogP contribution is 2.25. The van der Waals surface area contributed by atoms with Gasteiger partial charge in [-0.25, -0.2) is 0 Å². The molecule has 2 nitrogen and oxygen atoms in total. The van der Waals surface area contributed by atoms with E-state index in [2.05, 4.69) is 71.1 Å². The Morgan fingerprint density at radius 1 is 1.05 bits per heavy atom. The highest BCUT2D eigenvalue weighted by Gasteiger charge is 2.14. The molecule has 1 aromatic rings. The van der Waals surface area contributed by atoms with Gasteiger partial charge in [0.15, 0.2) is 0 Å². The van der Waals surface area contributed by atoms with Crippen LogP contribution in [0.1, 0.15) is 47.1 Å². The van der Waals surface area contributed by atoms with Gasteiger partial charge in [-0.15, -0.1) is 11.8 Å². The van der Waals surface area contributed by atoms with Crippen LogP contribution in [-0.2, 0) is 5.41 Å². The summed E-state index contributed by atoms with van der Waals surface area (Å²) in [4.78, 5) is 1.22. The van der Waals surface area contributed by atoms with Gasteiger partial charge in [0.2, 0.25) is 0 Å². The molecule has 0 aliphatic carbocycles. The molecule has 114 valence electrons. The predicted octanol–water partition coefficient (Wildman–Crippen LogP) is 3.83. The SMILES string of the molecule is CC(C)(C)NCC(O)CSc1ccc(C(C)(C)C)cc1. The second kappa shape index (κ2) is 6.97. The van der Waals surface area contributed by atoms with Crippen molar-refractivity contribution in [1.82, 2.24) is 5.32 Å². The first-order valence-corrected chi connectivity index (χ1v) is 8.23. The van der Waals surface area contributed by atoms with Gasteiger partial charge in [0.05, 0.1) is 6.10 Å². The predicted molar refractivity (Wildman–Crippen MR) is 89.6 cm³/mol. The number of aliphatic hydroxyl groups excluding tert-OH is 1. The number of aliphatic hydroxyl groups is 1. The van der Waals surface area contributed by atoms with Crippen molar-refractivity contribution in [3.63, 3.8) is 0 Å². The third-order valence-electron chi connectivity index (χ3n) is 3.03. The van der Waals surface area contributed by atoms with Crippen molar-refractivity contribution in [3.05, 3.63) is 29.8 Å². The minimum absolute atomic E-state index is 0.0556.